The lowest BCUT2D eigenvalue weighted by Gasteiger charge is -2.14. The van der Waals surface area contributed by atoms with Gasteiger partial charge in [-0.3, -0.25) is 0 Å². The van der Waals surface area contributed by atoms with Crippen molar-refractivity contribution in [2.75, 3.05) is 19.0 Å². The van der Waals surface area contributed by atoms with E-state index in [9.17, 15) is 13.6 Å². The molecule has 1 rings (SSSR count). The number of hydrogen-bond acceptors (Lipinski definition) is 2. The number of nitrogens with zero attached hydrogens (tertiary/aromatic N) is 1. The molecule has 0 spiro atoms. The normalized spacial score (nSPS) is 10.0. The summed E-state index contributed by atoms with van der Waals surface area (Å²) < 4.78 is 26.4. The first kappa shape index (κ1) is 10.4. The van der Waals surface area contributed by atoms with E-state index in [1.807, 2.05) is 0 Å². The molecule has 0 bridgehead atoms. The number of rotatable bonds is 2. The number of aromatic carboxylic acids is 1. The van der Waals surface area contributed by atoms with Gasteiger partial charge >= 0.3 is 5.97 Å². The second kappa shape index (κ2) is 3.61. The quantitative estimate of drug-likeness (QED) is 0.792. The standard InChI is InChI=1S/C9H9F2NO2/c1-12(2)8-6(10)3-5(9(13)14)4-7(8)11/h3-4H,1-2H3,(H,13,14). The summed E-state index contributed by atoms with van der Waals surface area (Å²) in [5.41, 5.74) is -0.638. The van der Waals surface area contributed by atoms with Gasteiger partial charge in [-0.1, -0.05) is 0 Å². The van der Waals surface area contributed by atoms with Crippen LogP contribution in [0.1, 0.15) is 10.4 Å². The largest absolute Gasteiger partial charge is 0.478 e. The smallest absolute Gasteiger partial charge is 0.335 e. The fraction of sp³-hybridized carbons (Fsp3) is 0.222. The Morgan fingerprint density at radius 1 is 1.29 bits per heavy atom. The number of carbonyl (C=O) groups is 1. The van der Waals surface area contributed by atoms with Gasteiger partial charge in [0.25, 0.3) is 0 Å². The van der Waals surface area contributed by atoms with Gasteiger partial charge in [0.15, 0.2) is 0 Å². The number of benzene rings is 1. The first-order valence-corrected chi connectivity index (χ1v) is 3.83. The molecule has 0 aromatic heterocycles. The molecule has 3 nitrogen and oxygen atoms in total. The van der Waals surface area contributed by atoms with Gasteiger partial charge in [-0.2, -0.15) is 0 Å². The van der Waals surface area contributed by atoms with Crippen LogP contribution in [0, 0.1) is 11.6 Å². The lowest BCUT2D eigenvalue weighted by molar-refractivity contribution is 0.0696. The molecule has 0 aliphatic heterocycles. The van der Waals surface area contributed by atoms with Crippen LogP contribution in [0.5, 0.6) is 0 Å². The molecule has 0 aliphatic rings. The molecule has 0 saturated heterocycles. The summed E-state index contributed by atoms with van der Waals surface area (Å²) in [6.07, 6.45) is 0. The third-order valence-corrected chi connectivity index (χ3v) is 1.71. The Bertz CT molecular complexity index is 354. The van der Waals surface area contributed by atoms with E-state index in [1.165, 1.54) is 19.0 Å². The maximum atomic E-state index is 13.2. The Kier molecular flexibility index (Phi) is 2.69. The molecule has 0 saturated carbocycles. The fourth-order valence-electron chi connectivity index (χ4n) is 1.12. The number of carboxylic acids is 1. The topological polar surface area (TPSA) is 40.5 Å². The molecule has 0 amide bonds. The number of anilines is 1. The maximum absolute atomic E-state index is 13.2. The highest BCUT2D eigenvalue weighted by Crippen LogP contribution is 2.22. The van der Waals surface area contributed by atoms with Crippen LogP contribution in [0.3, 0.4) is 0 Å². The minimum absolute atomic E-state index is 0.241. The predicted molar refractivity (Wildman–Crippen MR) is 47.6 cm³/mol. The van der Waals surface area contributed by atoms with Gasteiger partial charge in [-0.05, 0) is 12.1 Å². The average molecular weight is 201 g/mol. The average Bonchev–Trinajstić information content (AvgIpc) is 2.01. The third-order valence-electron chi connectivity index (χ3n) is 1.71. The Morgan fingerprint density at radius 3 is 2.00 bits per heavy atom. The summed E-state index contributed by atoms with van der Waals surface area (Å²) in [5.74, 6) is -3.12. The predicted octanol–water partition coefficient (Wildman–Crippen LogP) is 1.73. The van der Waals surface area contributed by atoms with Crippen LogP contribution in [-0.2, 0) is 0 Å². The van der Waals surface area contributed by atoms with Crippen molar-refractivity contribution in [3.05, 3.63) is 29.3 Å². The Labute approximate surface area is 79.6 Å². The van der Waals surface area contributed by atoms with Gasteiger partial charge in [0.2, 0.25) is 0 Å². The molecule has 0 aliphatic carbocycles. The Hall–Kier alpha value is -1.65. The highest BCUT2D eigenvalue weighted by Gasteiger charge is 2.15. The molecule has 0 atom stereocenters. The minimum atomic E-state index is -1.35. The van der Waals surface area contributed by atoms with Crippen LogP contribution in [-0.4, -0.2) is 25.2 Å². The summed E-state index contributed by atoms with van der Waals surface area (Å²) in [6.45, 7) is 0. The SMILES string of the molecule is CN(C)c1c(F)cc(C(=O)O)cc1F. The second-order valence-corrected chi connectivity index (χ2v) is 2.99. The molecule has 0 radical (unpaired) electrons. The molecule has 14 heavy (non-hydrogen) atoms. The molecule has 76 valence electrons. The molecule has 1 N–H and O–H groups in total. The summed E-state index contributed by atoms with van der Waals surface area (Å²) in [4.78, 5) is 11.7. The lowest BCUT2D eigenvalue weighted by Crippen LogP contribution is -2.14. The van der Waals surface area contributed by atoms with E-state index >= 15 is 0 Å². The number of carboxylic acid groups (broad SMARTS) is 1. The Morgan fingerprint density at radius 2 is 1.71 bits per heavy atom. The van der Waals surface area contributed by atoms with Crippen LogP contribution in [0.4, 0.5) is 14.5 Å². The van der Waals surface area contributed by atoms with Crippen LogP contribution in [0.25, 0.3) is 0 Å². The molecule has 0 unspecified atom stereocenters. The molecule has 0 fully saturated rings. The van der Waals surface area contributed by atoms with E-state index in [-0.39, 0.29) is 5.69 Å². The van der Waals surface area contributed by atoms with Gasteiger partial charge in [-0.15, -0.1) is 0 Å². The van der Waals surface area contributed by atoms with Crippen molar-refractivity contribution in [1.29, 1.82) is 0 Å². The second-order valence-electron chi connectivity index (χ2n) is 2.99. The summed E-state index contributed by atoms with van der Waals surface area (Å²) in [7, 11) is 2.95. The first-order chi connectivity index (χ1) is 6.43. The van der Waals surface area contributed by atoms with Gasteiger partial charge in [0, 0.05) is 14.1 Å². The van der Waals surface area contributed by atoms with E-state index < -0.39 is 23.2 Å². The molecule has 1 aromatic rings. The molecule has 5 heteroatoms. The minimum Gasteiger partial charge on any atom is -0.478 e. The zero-order valence-corrected chi connectivity index (χ0v) is 7.71. The monoisotopic (exact) mass is 201 g/mol. The van der Waals surface area contributed by atoms with Crippen LogP contribution < -0.4 is 4.90 Å². The van der Waals surface area contributed by atoms with Gasteiger partial charge in [0.1, 0.15) is 17.3 Å². The van der Waals surface area contributed by atoms with Gasteiger partial charge < -0.3 is 10.0 Å². The van der Waals surface area contributed by atoms with E-state index in [4.69, 9.17) is 5.11 Å². The van der Waals surface area contributed by atoms with Crippen molar-refractivity contribution in [3.8, 4) is 0 Å². The summed E-state index contributed by atoms with van der Waals surface area (Å²) in [5, 5.41) is 8.52. The molecular weight excluding hydrogens is 192 g/mol. The van der Waals surface area contributed by atoms with Crippen LogP contribution >= 0.6 is 0 Å². The maximum Gasteiger partial charge on any atom is 0.335 e. The van der Waals surface area contributed by atoms with Crippen molar-refractivity contribution in [2.45, 2.75) is 0 Å². The summed E-state index contributed by atoms with van der Waals surface area (Å²) in [6, 6.07) is 1.58. The number of halogens is 2. The number of hydrogen-bond donors (Lipinski definition) is 1. The molecule has 0 heterocycles. The van der Waals surface area contributed by atoms with Crippen molar-refractivity contribution < 1.29 is 18.7 Å². The van der Waals surface area contributed by atoms with Gasteiger partial charge in [-0.25, -0.2) is 13.6 Å². The highest BCUT2D eigenvalue weighted by atomic mass is 19.1. The van der Waals surface area contributed by atoms with Crippen molar-refractivity contribution in [2.24, 2.45) is 0 Å². The van der Waals surface area contributed by atoms with Crippen molar-refractivity contribution in [3.63, 3.8) is 0 Å². The zero-order valence-electron chi connectivity index (χ0n) is 7.71. The third kappa shape index (κ3) is 1.81. The van der Waals surface area contributed by atoms with E-state index in [0.717, 1.165) is 12.1 Å². The molecule has 1 aromatic carbocycles. The highest BCUT2D eigenvalue weighted by molar-refractivity contribution is 5.88. The van der Waals surface area contributed by atoms with E-state index in [1.54, 1.807) is 0 Å². The van der Waals surface area contributed by atoms with Crippen LogP contribution in [0.15, 0.2) is 12.1 Å². The van der Waals surface area contributed by atoms with Gasteiger partial charge in [0.05, 0.1) is 5.56 Å². The van der Waals surface area contributed by atoms with Crippen molar-refractivity contribution in [1.82, 2.24) is 0 Å². The van der Waals surface area contributed by atoms with Crippen molar-refractivity contribution >= 4 is 11.7 Å². The summed E-state index contributed by atoms with van der Waals surface area (Å²) >= 11 is 0. The van der Waals surface area contributed by atoms with E-state index in [2.05, 4.69) is 0 Å². The first-order valence-electron chi connectivity index (χ1n) is 3.83. The lowest BCUT2D eigenvalue weighted by atomic mass is 10.2. The molecular formula is C9H9F2NO2. The van der Waals surface area contributed by atoms with E-state index in [0.29, 0.717) is 0 Å². The van der Waals surface area contributed by atoms with Crippen LogP contribution in [0.2, 0.25) is 0 Å². The zero-order chi connectivity index (χ0) is 10.9. The Balaban J connectivity index is 3.32. The fourth-order valence-corrected chi connectivity index (χ4v) is 1.12.